The van der Waals surface area contributed by atoms with Gasteiger partial charge < -0.3 is 24.4 Å². The highest BCUT2D eigenvalue weighted by atomic mass is 16.5. The fraction of sp³-hybridized carbons (Fsp3) is 0.478. The van der Waals surface area contributed by atoms with Crippen LogP contribution in [0, 0.1) is 5.41 Å². The summed E-state index contributed by atoms with van der Waals surface area (Å²) in [5, 5.41) is 3.46. The van der Waals surface area contributed by atoms with Crippen molar-refractivity contribution >= 4 is 5.96 Å². The molecule has 1 N–H and O–H groups in total. The van der Waals surface area contributed by atoms with Gasteiger partial charge in [0, 0.05) is 51.0 Å². The largest absolute Gasteiger partial charge is 0.490 e. The summed E-state index contributed by atoms with van der Waals surface area (Å²) < 4.78 is 16.9. The van der Waals surface area contributed by atoms with Gasteiger partial charge in [-0.05, 0) is 30.5 Å². The molecule has 0 saturated carbocycles. The first-order chi connectivity index (χ1) is 14.8. The molecule has 0 aliphatic carbocycles. The summed E-state index contributed by atoms with van der Waals surface area (Å²) in [4.78, 5) is 11.2. The van der Waals surface area contributed by atoms with Crippen LogP contribution in [-0.4, -0.2) is 62.4 Å². The molecule has 3 heterocycles. The van der Waals surface area contributed by atoms with Crippen LogP contribution in [0.4, 0.5) is 0 Å². The number of likely N-dealkylation sites (tertiary alicyclic amines) is 1. The molecule has 30 heavy (non-hydrogen) atoms. The van der Waals surface area contributed by atoms with Crippen molar-refractivity contribution in [2.45, 2.75) is 19.4 Å². The highest BCUT2D eigenvalue weighted by Gasteiger charge is 2.42. The van der Waals surface area contributed by atoms with Gasteiger partial charge in [-0.15, -0.1) is 0 Å². The first kappa shape index (κ1) is 20.5. The van der Waals surface area contributed by atoms with Gasteiger partial charge in [0.2, 0.25) is 5.88 Å². The summed E-state index contributed by atoms with van der Waals surface area (Å²) in [6, 6.07) is 13.6. The maximum Gasteiger partial charge on any atom is 0.213 e. The van der Waals surface area contributed by atoms with Gasteiger partial charge in [-0.3, -0.25) is 4.99 Å². The Bertz CT molecular complexity index is 820. The van der Waals surface area contributed by atoms with Gasteiger partial charge in [0.15, 0.2) is 5.96 Å². The average Bonchev–Trinajstić information content (AvgIpc) is 3.43. The Kier molecular flexibility index (Phi) is 6.69. The molecule has 2 aliphatic rings. The maximum atomic E-state index is 5.66. The van der Waals surface area contributed by atoms with E-state index in [0.29, 0.717) is 31.1 Å². The lowest BCUT2D eigenvalue weighted by atomic mass is 9.87. The number of hydrogen-bond acceptors (Lipinski definition) is 5. The zero-order chi connectivity index (χ0) is 20.7. The smallest absolute Gasteiger partial charge is 0.213 e. The Morgan fingerprint density at radius 1 is 1.17 bits per heavy atom. The van der Waals surface area contributed by atoms with E-state index in [2.05, 4.69) is 20.2 Å². The van der Waals surface area contributed by atoms with E-state index in [-0.39, 0.29) is 0 Å². The predicted octanol–water partition coefficient (Wildman–Crippen LogP) is 2.73. The number of nitrogens with one attached hydrogen (secondary N) is 1. The van der Waals surface area contributed by atoms with Crippen molar-refractivity contribution in [1.29, 1.82) is 0 Å². The molecule has 1 spiro atoms. The van der Waals surface area contributed by atoms with Crippen LogP contribution in [0.25, 0.3) is 0 Å². The number of benzene rings is 1. The molecule has 1 atom stereocenters. The minimum Gasteiger partial charge on any atom is -0.490 e. The summed E-state index contributed by atoms with van der Waals surface area (Å²) in [5.74, 6) is 2.38. The van der Waals surface area contributed by atoms with Gasteiger partial charge in [-0.1, -0.05) is 24.3 Å². The molecule has 2 aliphatic heterocycles. The van der Waals surface area contributed by atoms with Crippen LogP contribution in [0.5, 0.6) is 11.6 Å². The van der Waals surface area contributed by atoms with Crippen molar-refractivity contribution in [2.75, 3.05) is 46.6 Å². The molecule has 7 nitrogen and oxygen atoms in total. The summed E-state index contributed by atoms with van der Waals surface area (Å²) in [5.41, 5.74) is 1.41. The number of guanidine groups is 1. The van der Waals surface area contributed by atoms with Gasteiger partial charge in [0.1, 0.15) is 19.0 Å². The lowest BCUT2D eigenvalue weighted by Gasteiger charge is -2.25. The maximum absolute atomic E-state index is 5.66. The molecule has 0 radical (unpaired) electrons. The zero-order valence-electron chi connectivity index (χ0n) is 17.5. The molecule has 0 bridgehead atoms. The Hall–Kier alpha value is -2.80. The molecule has 1 aromatic carbocycles. The molecular weight excluding hydrogens is 380 g/mol. The lowest BCUT2D eigenvalue weighted by molar-refractivity contribution is 0.156. The molecule has 2 fully saturated rings. The van der Waals surface area contributed by atoms with Gasteiger partial charge in [0.25, 0.3) is 0 Å². The van der Waals surface area contributed by atoms with E-state index in [1.807, 2.05) is 55.7 Å². The molecule has 0 amide bonds. The second kappa shape index (κ2) is 9.80. The van der Waals surface area contributed by atoms with Gasteiger partial charge in [0.05, 0.1) is 6.61 Å². The van der Waals surface area contributed by atoms with Crippen LogP contribution < -0.4 is 14.8 Å². The number of aliphatic imine (C=N–C) groups is 1. The monoisotopic (exact) mass is 410 g/mol. The first-order valence-electron chi connectivity index (χ1n) is 10.6. The van der Waals surface area contributed by atoms with E-state index in [4.69, 9.17) is 14.2 Å². The summed E-state index contributed by atoms with van der Waals surface area (Å²) in [7, 11) is 1.84. The predicted molar refractivity (Wildman–Crippen MR) is 116 cm³/mol. The van der Waals surface area contributed by atoms with Crippen molar-refractivity contribution < 1.29 is 14.2 Å². The highest BCUT2D eigenvalue weighted by molar-refractivity contribution is 5.80. The van der Waals surface area contributed by atoms with E-state index < -0.39 is 0 Å². The van der Waals surface area contributed by atoms with Crippen molar-refractivity contribution in [2.24, 2.45) is 10.4 Å². The van der Waals surface area contributed by atoms with E-state index >= 15 is 0 Å². The molecule has 1 aromatic heterocycles. The fourth-order valence-electron chi connectivity index (χ4n) is 4.02. The third kappa shape index (κ3) is 5.21. The van der Waals surface area contributed by atoms with Gasteiger partial charge >= 0.3 is 0 Å². The topological polar surface area (TPSA) is 68.2 Å². The minimum atomic E-state index is 0.322. The molecule has 2 aromatic rings. The third-order valence-corrected chi connectivity index (χ3v) is 5.73. The number of pyridine rings is 1. The normalized spacial score (nSPS) is 21.2. The number of hydrogen-bond donors (Lipinski definition) is 1. The Balaban J connectivity index is 1.19. The number of para-hydroxylation sites is 1. The lowest BCUT2D eigenvalue weighted by Crippen LogP contribution is -2.41. The second-order valence-electron chi connectivity index (χ2n) is 7.89. The standard InChI is InChI=1S/C23H30N4O3/c1-24-22(27-11-9-23(17-27)10-12-28-18-23)26-16-19-7-8-21(25-15-19)30-14-13-29-20-5-3-2-4-6-20/h2-8,15H,9-14,16-18H2,1H3,(H,24,26). The van der Waals surface area contributed by atoms with E-state index in [1.54, 1.807) is 0 Å². The number of nitrogens with zero attached hydrogens (tertiary/aromatic N) is 3. The average molecular weight is 411 g/mol. The number of aromatic nitrogens is 1. The summed E-state index contributed by atoms with van der Waals surface area (Å²) in [6.07, 6.45) is 4.17. The van der Waals surface area contributed by atoms with Crippen LogP contribution in [0.3, 0.4) is 0 Å². The molecule has 1 unspecified atom stereocenters. The Labute approximate surface area is 178 Å². The van der Waals surface area contributed by atoms with Gasteiger partial charge in [-0.2, -0.15) is 0 Å². The van der Waals surface area contributed by atoms with Gasteiger partial charge in [-0.25, -0.2) is 4.98 Å². The Morgan fingerprint density at radius 2 is 2.03 bits per heavy atom. The van der Waals surface area contributed by atoms with Crippen molar-refractivity contribution in [3.8, 4) is 11.6 Å². The van der Waals surface area contributed by atoms with E-state index in [1.165, 1.54) is 6.42 Å². The molecular formula is C23H30N4O3. The Morgan fingerprint density at radius 3 is 2.77 bits per heavy atom. The van der Waals surface area contributed by atoms with Crippen LogP contribution in [0.2, 0.25) is 0 Å². The number of ether oxygens (including phenoxy) is 3. The van der Waals surface area contributed by atoms with E-state index in [0.717, 1.165) is 50.0 Å². The second-order valence-corrected chi connectivity index (χ2v) is 7.89. The number of rotatable bonds is 7. The van der Waals surface area contributed by atoms with Crippen molar-refractivity contribution in [1.82, 2.24) is 15.2 Å². The molecule has 7 heteroatoms. The summed E-state index contributed by atoms with van der Waals surface area (Å²) >= 11 is 0. The third-order valence-electron chi connectivity index (χ3n) is 5.73. The minimum absolute atomic E-state index is 0.322. The van der Waals surface area contributed by atoms with E-state index in [9.17, 15) is 0 Å². The van der Waals surface area contributed by atoms with Crippen LogP contribution in [0.15, 0.2) is 53.7 Å². The molecule has 4 rings (SSSR count). The summed E-state index contributed by atoms with van der Waals surface area (Å²) in [6.45, 7) is 5.42. The quantitative estimate of drug-likeness (QED) is 0.430. The van der Waals surface area contributed by atoms with Crippen molar-refractivity contribution in [3.05, 3.63) is 54.2 Å². The van der Waals surface area contributed by atoms with Crippen LogP contribution >= 0.6 is 0 Å². The first-order valence-corrected chi connectivity index (χ1v) is 10.6. The zero-order valence-corrected chi connectivity index (χ0v) is 17.5. The van der Waals surface area contributed by atoms with Crippen LogP contribution in [0.1, 0.15) is 18.4 Å². The molecule has 160 valence electrons. The molecule has 2 saturated heterocycles. The SMILES string of the molecule is CN=C(NCc1ccc(OCCOc2ccccc2)nc1)N1CCC2(CCOC2)C1. The van der Waals surface area contributed by atoms with Crippen LogP contribution in [-0.2, 0) is 11.3 Å². The van der Waals surface area contributed by atoms with Crippen molar-refractivity contribution in [3.63, 3.8) is 0 Å². The highest BCUT2D eigenvalue weighted by Crippen LogP contribution is 2.38. The fourth-order valence-corrected chi connectivity index (χ4v) is 4.02.